The summed E-state index contributed by atoms with van der Waals surface area (Å²) in [4.78, 5) is 0. The Bertz CT molecular complexity index is 134. The molecule has 0 fully saturated rings. The summed E-state index contributed by atoms with van der Waals surface area (Å²) in [5, 5.41) is 0. The molecule has 82 valence electrons. The van der Waals surface area contributed by atoms with Gasteiger partial charge in [0.15, 0.2) is 0 Å². The van der Waals surface area contributed by atoms with Gasteiger partial charge in [-0.05, 0) is 60.4 Å². The molecule has 0 amide bonds. The molecule has 1 nitrogen and oxygen atoms in total. The van der Waals surface area contributed by atoms with Crippen LogP contribution in [0.5, 0.6) is 0 Å². The van der Waals surface area contributed by atoms with E-state index in [9.17, 15) is 0 Å². The second-order valence-electron chi connectivity index (χ2n) is 4.03. The van der Waals surface area contributed by atoms with Crippen molar-refractivity contribution in [2.45, 2.75) is 52.6 Å². The molecule has 0 aromatic carbocycles. The second kappa shape index (κ2) is 5.81. The van der Waals surface area contributed by atoms with Gasteiger partial charge in [0, 0.05) is 12.1 Å². The Morgan fingerprint density at radius 2 is 1.38 bits per heavy atom. The van der Waals surface area contributed by atoms with Gasteiger partial charge in [-0.2, -0.15) is 0 Å². The molecule has 0 spiro atoms. The fourth-order valence-corrected chi connectivity index (χ4v) is 5.99. The van der Waals surface area contributed by atoms with Crippen molar-refractivity contribution in [1.29, 1.82) is 0 Å². The molecular formula is C10H24INS. The van der Waals surface area contributed by atoms with E-state index in [0.717, 1.165) is 12.1 Å². The largest absolute Gasteiger partial charge is 0.254 e. The lowest BCUT2D eigenvalue weighted by atomic mass is 10.2. The predicted molar refractivity (Wildman–Crippen MR) is 74.8 cm³/mol. The summed E-state index contributed by atoms with van der Waals surface area (Å²) in [6, 6.07) is 1.44. The van der Waals surface area contributed by atoms with E-state index in [1.807, 2.05) is 0 Å². The first-order valence-corrected chi connectivity index (χ1v) is 10.0. The van der Waals surface area contributed by atoms with E-state index in [4.69, 9.17) is 0 Å². The number of hydrogen-bond donors (Lipinski definition) is 0. The van der Waals surface area contributed by atoms with Crippen LogP contribution in [0.15, 0.2) is 0 Å². The van der Waals surface area contributed by atoms with Crippen molar-refractivity contribution in [3.63, 3.8) is 0 Å². The molecule has 0 rings (SSSR count). The van der Waals surface area contributed by atoms with Crippen LogP contribution in [0.3, 0.4) is 0 Å². The number of rotatable bonds is 5. The Balaban J connectivity index is 4.55. The molecule has 0 saturated carbocycles. The van der Waals surface area contributed by atoms with Gasteiger partial charge in [-0.1, -0.05) is 13.8 Å². The van der Waals surface area contributed by atoms with Crippen molar-refractivity contribution < 1.29 is 0 Å². The lowest BCUT2D eigenvalue weighted by Crippen LogP contribution is -2.39. The quantitative estimate of drug-likeness (QED) is 0.687. The average molecular weight is 317 g/mol. The minimum Gasteiger partial charge on any atom is -0.254 e. The zero-order valence-corrected chi connectivity index (χ0v) is 12.8. The van der Waals surface area contributed by atoms with Crippen molar-refractivity contribution in [3.8, 4) is 0 Å². The molecule has 0 radical (unpaired) electrons. The van der Waals surface area contributed by atoms with Crippen molar-refractivity contribution >= 4 is 28.6 Å². The maximum atomic E-state index is 2.70. The Kier molecular flexibility index (Phi) is 6.27. The van der Waals surface area contributed by atoms with Gasteiger partial charge in [0.25, 0.3) is 0 Å². The van der Waals surface area contributed by atoms with E-state index in [1.54, 1.807) is 0 Å². The number of halogens is 1. The van der Waals surface area contributed by atoms with Crippen molar-refractivity contribution in [2.75, 3.05) is 12.5 Å². The first-order valence-electron chi connectivity index (χ1n) is 5.06. The first-order chi connectivity index (χ1) is 5.84. The smallest absolute Gasteiger partial charge is 0.0166 e. The van der Waals surface area contributed by atoms with Gasteiger partial charge >= 0.3 is 0 Å². The van der Waals surface area contributed by atoms with Crippen molar-refractivity contribution in [3.05, 3.63) is 0 Å². The SMILES string of the molecule is CCC(C)N(C(C)CC)S(C)(C)I. The van der Waals surface area contributed by atoms with Crippen molar-refractivity contribution in [1.82, 2.24) is 4.31 Å². The molecule has 3 heteroatoms. The normalized spacial score (nSPS) is 18.8. The van der Waals surface area contributed by atoms with Crippen LogP contribution in [-0.2, 0) is 0 Å². The van der Waals surface area contributed by atoms with E-state index in [2.05, 4.69) is 65.7 Å². The molecule has 0 aliphatic carbocycles. The average Bonchev–Trinajstić information content (AvgIpc) is 2.01. The van der Waals surface area contributed by atoms with Crippen LogP contribution in [0, 0.1) is 0 Å². The van der Waals surface area contributed by atoms with Gasteiger partial charge in [0.1, 0.15) is 0 Å². The summed E-state index contributed by atoms with van der Waals surface area (Å²) in [6.07, 6.45) is 7.27. The Labute approximate surface area is 97.7 Å². The summed E-state index contributed by atoms with van der Waals surface area (Å²) in [5.41, 5.74) is 0. The fraction of sp³-hybridized carbons (Fsp3) is 1.00. The highest BCUT2D eigenvalue weighted by atomic mass is 127. The summed E-state index contributed by atoms with van der Waals surface area (Å²) < 4.78 is 2.70. The topological polar surface area (TPSA) is 3.24 Å². The number of hydrogen-bond acceptors (Lipinski definition) is 1. The molecule has 13 heavy (non-hydrogen) atoms. The van der Waals surface area contributed by atoms with Gasteiger partial charge in [0.05, 0.1) is 0 Å². The van der Waals surface area contributed by atoms with E-state index in [0.29, 0.717) is 0 Å². The van der Waals surface area contributed by atoms with Gasteiger partial charge in [-0.25, -0.2) is 0 Å². The standard InChI is InChI=1S/C10H24INS/c1-7-9(3)12(10(4)8-2)13(5,6)11/h9-10H,7-8H2,1-6H3. The van der Waals surface area contributed by atoms with Crippen LogP contribution < -0.4 is 0 Å². The molecule has 0 aromatic rings. The molecule has 2 atom stereocenters. The maximum absolute atomic E-state index is 2.70. The van der Waals surface area contributed by atoms with E-state index in [-0.39, 0.29) is 0 Å². The van der Waals surface area contributed by atoms with E-state index in [1.165, 1.54) is 12.8 Å². The third-order valence-electron chi connectivity index (χ3n) is 2.55. The molecule has 0 aromatic heterocycles. The second-order valence-corrected chi connectivity index (χ2v) is 13.2. The fourth-order valence-electron chi connectivity index (χ4n) is 1.65. The number of nitrogens with zero attached hydrogens (tertiary/aromatic N) is 1. The summed E-state index contributed by atoms with van der Waals surface area (Å²) in [7, 11) is -0.584. The molecule has 0 saturated heterocycles. The zero-order chi connectivity index (χ0) is 10.6. The minimum absolute atomic E-state index is 0.584. The van der Waals surface area contributed by atoms with Crippen molar-refractivity contribution in [2.24, 2.45) is 0 Å². The molecule has 0 heterocycles. The monoisotopic (exact) mass is 317 g/mol. The lowest BCUT2D eigenvalue weighted by Gasteiger charge is -2.45. The third-order valence-corrected chi connectivity index (χ3v) is 5.64. The first kappa shape index (κ1) is 14.0. The molecule has 0 bridgehead atoms. The summed E-state index contributed by atoms with van der Waals surface area (Å²) in [5.74, 6) is 0. The van der Waals surface area contributed by atoms with Crippen LogP contribution in [0.1, 0.15) is 40.5 Å². The van der Waals surface area contributed by atoms with E-state index >= 15 is 0 Å². The summed E-state index contributed by atoms with van der Waals surface area (Å²) in [6.45, 7) is 9.25. The molecule has 2 unspecified atom stereocenters. The molecule has 0 aliphatic rings. The van der Waals surface area contributed by atoms with E-state index < -0.39 is 7.39 Å². The Morgan fingerprint density at radius 1 is 1.08 bits per heavy atom. The lowest BCUT2D eigenvalue weighted by molar-refractivity contribution is 0.286. The van der Waals surface area contributed by atoms with Crippen LogP contribution in [0.25, 0.3) is 0 Å². The van der Waals surface area contributed by atoms with Gasteiger partial charge in [0.2, 0.25) is 0 Å². The van der Waals surface area contributed by atoms with Crippen LogP contribution >= 0.6 is 28.6 Å². The van der Waals surface area contributed by atoms with Gasteiger partial charge in [-0.3, -0.25) is 4.31 Å². The van der Waals surface area contributed by atoms with Crippen LogP contribution in [0.4, 0.5) is 0 Å². The zero-order valence-electron chi connectivity index (χ0n) is 9.80. The third kappa shape index (κ3) is 4.38. The minimum atomic E-state index is -0.584. The van der Waals surface area contributed by atoms with Gasteiger partial charge in [-0.15, -0.1) is 7.39 Å². The Morgan fingerprint density at radius 3 is 1.54 bits per heavy atom. The highest BCUT2D eigenvalue weighted by Crippen LogP contribution is 2.55. The highest BCUT2D eigenvalue weighted by molar-refractivity contribution is 14.2. The summed E-state index contributed by atoms with van der Waals surface area (Å²) >= 11 is 2.63. The van der Waals surface area contributed by atoms with Crippen LogP contribution in [-0.4, -0.2) is 28.9 Å². The molecular weight excluding hydrogens is 293 g/mol. The van der Waals surface area contributed by atoms with Gasteiger partial charge < -0.3 is 0 Å². The highest BCUT2D eigenvalue weighted by Gasteiger charge is 2.26. The predicted octanol–water partition coefficient (Wildman–Crippen LogP) is 4.21. The molecule has 0 N–H and O–H groups in total. The maximum Gasteiger partial charge on any atom is 0.0166 e. The molecule has 0 aliphatic heterocycles. The van der Waals surface area contributed by atoms with Crippen LogP contribution in [0.2, 0.25) is 0 Å². The Hall–Kier alpha value is 1.04.